The number of benzene rings is 1. The lowest BCUT2D eigenvalue weighted by Gasteiger charge is -2.15. The van der Waals surface area contributed by atoms with Gasteiger partial charge in [-0.1, -0.05) is 37.4 Å². The highest BCUT2D eigenvalue weighted by atomic mass is 35.5. The predicted octanol–water partition coefficient (Wildman–Crippen LogP) is 4.90. The van der Waals surface area contributed by atoms with Gasteiger partial charge in [-0.25, -0.2) is 0 Å². The standard InChI is InChI=1S/C16H24ClNS/c1-2-15(18)9-13-7-8-14(17)10-16(13)19-11-12-5-3-4-6-12/h7-8,10,12,15H,2-6,9,11,18H2,1H3. The molecule has 0 aromatic heterocycles. The molecule has 1 aliphatic carbocycles. The Labute approximate surface area is 126 Å². The van der Waals surface area contributed by atoms with E-state index < -0.39 is 0 Å². The Morgan fingerprint density at radius 1 is 1.37 bits per heavy atom. The van der Waals surface area contributed by atoms with Crippen molar-refractivity contribution in [2.45, 2.75) is 56.4 Å². The highest BCUT2D eigenvalue weighted by Crippen LogP contribution is 2.33. The summed E-state index contributed by atoms with van der Waals surface area (Å²) in [6, 6.07) is 6.50. The highest BCUT2D eigenvalue weighted by molar-refractivity contribution is 7.99. The van der Waals surface area contributed by atoms with Crippen LogP contribution in [0.15, 0.2) is 23.1 Å². The van der Waals surface area contributed by atoms with Gasteiger partial charge >= 0.3 is 0 Å². The van der Waals surface area contributed by atoms with Gasteiger partial charge in [-0.15, -0.1) is 11.8 Å². The molecular formula is C16H24ClNS. The Balaban J connectivity index is 2.01. The van der Waals surface area contributed by atoms with E-state index in [0.717, 1.165) is 23.8 Å². The second-order valence-electron chi connectivity index (χ2n) is 5.59. The van der Waals surface area contributed by atoms with E-state index in [2.05, 4.69) is 19.1 Å². The topological polar surface area (TPSA) is 26.0 Å². The largest absolute Gasteiger partial charge is 0.327 e. The first-order valence-corrected chi connectivity index (χ1v) is 8.72. The smallest absolute Gasteiger partial charge is 0.0417 e. The van der Waals surface area contributed by atoms with Crippen LogP contribution in [-0.2, 0) is 6.42 Å². The summed E-state index contributed by atoms with van der Waals surface area (Å²) in [6.07, 6.45) is 7.60. The average Bonchev–Trinajstić information content (AvgIpc) is 2.92. The van der Waals surface area contributed by atoms with E-state index >= 15 is 0 Å². The molecular weight excluding hydrogens is 274 g/mol. The summed E-state index contributed by atoms with van der Waals surface area (Å²) in [5.41, 5.74) is 7.45. The monoisotopic (exact) mass is 297 g/mol. The molecule has 1 nitrogen and oxygen atoms in total. The Kier molecular flexibility index (Phi) is 6.06. The van der Waals surface area contributed by atoms with Crippen LogP contribution in [0.5, 0.6) is 0 Å². The normalized spacial score (nSPS) is 17.8. The second kappa shape index (κ2) is 7.56. The van der Waals surface area contributed by atoms with Gasteiger partial charge in [0.25, 0.3) is 0 Å². The molecule has 0 aliphatic heterocycles. The maximum absolute atomic E-state index is 6.14. The lowest BCUT2D eigenvalue weighted by atomic mass is 10.1. The summed E-state index contributed by atoms with van der Waals surface area (Å²) in [4.78, 5) is 1.34. The number of halogens is 1. The van der Waals surface area contributed by atoms with Crippen LogP contribution in [0.1, 0.15) is 44.6 Å². The summed E-state index contributed by atoms with van der Waals surface area (Å²) >= 11 is 8.11. The predicted molar refractivity (Wildman–Crippen MR) is 86.1 cm³/mol. The van der Waals surface area contributed by atoms with Crippen LogP contribution in [-0.4, -0.2) is 11.8 Å². The zero-order valence-electron chi connectivity index (χ0n) is 11.7. The van der Waals surface area contributed by atoms with Gasteiger partial charge in [-0.05, 0) is 49.3 Å². The first-order chi connectivity index (χ1) is 9.19. The molecule has 0 heterocycles. The lowest BCUT2D eigenvalue weighted by molar-refractivity contribution is 0.622. The highest BCUT2D eigenvalue weighted by Gasteiger charge is 2.16. The van der Waals surface area contributed by atoms with E-state index in [0.29, 0.717) is 0 Å². The van der Waals surface area contributed by atoms with Crippen molar-refractivity contribution in [2.24, 2.45) is 11.7 Å². The first kappa shape index (κ1) is 15.2. The zero-order chi connectivity index (χ0) is 13.7. The number of hydrogen-bond acceptors (Lipinski definition) is 2. The molecule has 0 spiro atoms. The summed E-state index contributed by atoms with van der Waals surface area (Å²) in [5, 5.41) is 0.836. The number of hydrogen-bond donors (Lipinski definition) is 1. The Bertz CT molecular complexity index is 402. The minimum absolute atomic E-state index is 0.256. The summed E-state index contributed by atoms with van der Waals surface area (Å²) in [5.74, 6) is 2.13. The van der Waals surface area contributed by atoms with Crippen LogP contribution in [0.4, 0.5) is 0 Å². The van der Waals surface area contributed by atoms with Crippen molar-refractivity contribution in [1.82, 2.24) is 0 Å². The fourth-order valence-electron chi connectivity index (χ4n) is 2.64. The molecule has 106 valence electrons. The molecule has 1 aliphatic rings. The molecule has 3 heteroatoms. The van der Waals surface area contributed by atoms with Crippen LogP contribution in [0, 0.1) is 5.92 Å². The first-order valence-electron chi connectivity index (χ1n) is 7.36. The van der Waals surface area contributed by atoms with Crippen LogP contribution in [0.3, 0.4) is 0 Å². The van der Waals surface area contributed by atoms with E-state index in [1.54, 1.807) is 0 Å². The molecule has 1 atom stereocenters. The van der Waals surface area contributed by atoms with Crippen molar-refractivity contribution < 1.29 is 0 Å². The maximum atomic E-state index is 6.14. The summed E-state index contributed by atoms with van der Waals surface area (Å²) in [6.45, 7) is 2.14. The van der Waals surface area contributed by atoms with Gasteiger partial charge in [-0.3, -0.25) is 0 Å². The molecule has 0 bridgehead atoms. The summed E-state index contributed by atoms with van der Waals surface area (Å²) in [7, 11) is 0. The molecule has 2 N–H and O–H groups in total. The van der Waals surface area contributed by atoms with Crippen LogP contribution in [0.2, 0.25) is 5.02 Å². The van der Waals surface area contributed by atoms with E-state index in [9.17, 15) is 0 Å². The maximum Gasteiger partial charge on any atom is 0.0417 e. The van der Waals surface area contributed by atoms with Crippen molar-refractivity contribution in [3.63, 3.8) is 0 Å². The zero-order valence-corrected chi connectivity index (χ0v) is 13.3. The molecule has 1 saturated carbocycles. The summed E-state index contributed by atoms with van der Waals surface area (Å²) < 4.78 is 0. The van der Waals surface area contributed by atoms with E-state index in [-0.39, 0.29) is 6.04 Å². The van der Waals surface area contributed by atoms with Crippen molar-refractivity contribution in [3.8, 4) is 0 Å². The quantitative estimate of drug-likeness (QED) is 0.756. The fourth-order valence-corrected chi connectivity index (χ4v) is 4.18. The van der Waals surface area contributed by atoms with Gasteiger partial charge in [0.1, 0.15) is 0 Å². The molecule has 0 amide bonds. The average molecular weight is 298 g/mol. The van der Waals surface area contributed by atoms with E-state index in [4.69, 9.17) is 17.3 Å². The lowest BCUT2D eigenvalue weighted by Crippen LogP contribution is -2.21. The van der Waals surface area contributed by atoms with Gasteiger partial charge in [-0.2, -0.15) is 0 Å². The molecule has 0 saturated heterocycles. The Morgan fingerprint density at radius 2 is 2.11 bits per heavy atom. The number of rotatable bonds is 6. The molecule has 1 fully saturated rings. The van der Waals surface area contributed by atoms with Gasteiger partial charge < -0.3 is 5.73 Å². The van der Waals surface area contributed by atoms with Crippen LogP contribution >= 0.6 is 23.4 Å². The van der Waals surface area contributed by atoms with Crippen LogP contribution in [0.25, 0.3) is 0 Å². The van der Waals surface area contributed by atoms with E-state index in [1.165, 1.54) is 41.9 Å². The van der Waals surface area contributed by atoms with Gasteiger partial charge in [0, 0.05) is 21.7 Å². The van der Waals surface area contributed by atoms with Crippen molar-refractivity contribution in [3.05, 3.63) is 28.8 Å². The Morgan fingerprint density at radius 3 is 2.79 bits per heavy atom. The molecule has 0 radical (unpaired) electrons. The minimum Gasteiger partial charge on any atom is -0.327 e. The second-order valence-corrected chi connectivity index (χ2v) is 7.08. The Hall–Kier alpha value is -0.180. The van der Waals surface area contributed by atoms with Gasteiger partial charge in [0.2, 0.25) is 0 Å². The van der Waals surface area contributed by atoms with Crippen molar-refractivity contribution in [2.75, 3.05) is 5.75 Å². The molecule has 1 unspecified atom stereocenters. The van der Waals surface area contributed by atoms with Crippen LogP contribution < -0.4 is 5.73 Å². The fraction of sp³-hybridized carbons (Fsp3) is 0.625. The van der Waals surface area contributed by atoms with Crippen molar-refractivity contribution in [1.29, 1.82) is 0 Å². The molecule has 1 aromatic rings. The molecule has 19 heavy (non-hydrogen) atoms. The minimum atomic E-state index is 0.256. The van der Waals surface area contributed by atoms with Crippen molar-refractivity contribution >= 4 is 23.4 Å². The number of nitrogens with two attached hydrogens (primary N) is 1. The number of thioether (sulfide) groups is 1. The molecule has 2 rings (SSSR count). The third-order valence-electron chi connectivity index (χ3n) is 3.98. The third-order valence-corrected chi connectivity index (χ3v) is 5.55. The van der Waals surface area contributed by atoms with Gasteiger partial charge in [0.15, 0.2) is 0 Å². The van der Waals surface area contributed by atoms with Gasteiger partial charge in [0.05, 0.1) is 0 Å². The third kappa shape index (κ3) is 4.70. The van der Waals surface area contributed by atoms with E-state index in [1.807, 2.05) is 17.8 Å². The molecule has 1 aromatic carbocycles. The SMILES string of the molecule is CCC(N)Cc1ccc(Cl)cc1SCC1CCCC1.